The van der Waals surface area contributed by atoms with Crippen LogP contribution in [0.15, 0.2) is 77.9 Å². The predicted molar refractivity (Wildman–Crippen MR) is 111 cm³/mol. The second-order valence-corrected chi connectivity index (χ2v) is 7.35. The van der Waals surface area contributed by atoms with Crippen LogP contribution in [0.25, 0.3) is 21.9 Å². The number of aliphatic imine (C=N–C) groups is 1. The number of furan rings is 1. The Kier molecular flexibility index (Phi) is 3.87. The molecule has 6 heteroatoms. The standard InChI is InChI=1S/C22H15NO4S/c1-3-6-12-19-13(9-10-26-19)20(25-2)17-18(24)14-11-23-15-7-4-5-8-16(15)28-22(14)27-21(12)17/h3-5,7-11H,1,6H2,2H3. The molecular weight excluding hydrogens is 374 g/mol. The average molecular weight is 389 g/mol. The molecule has 0 saturated heterocycles. The minimum Gasteiger partial charge on any atom is -0.495 e. The third kappa shape index (κ3) is 2.34. The molecule has 5 rings (SSSR count). The molecule has 0 radical (unpaired) electrons. The lowest BCUT2D eigenvalue weighted by Crippen LogP contribution is -2.12. The largest absolute Gasteiger partial charge is 0.495 e. The summed E-state index contributed by atoms with van der Waals surface area (Å²) in [6.07, 6.45) is 5.42. The topological polar surface area (TPSA) is 64.9 Å². The zero-order valence-electron chi connectivity index (χ0n) is 15.0. The maximum Gasteiger partial charge on any atom is 0.206 e. The van der Waals surface area contributed by atoms with E-state index in [1.54, 1.807) is 24.6 Å². The fourth-order valence-electron chi connectivity index (χ4n) is 3.52. The van der Waals surface area contributed by atoms with Gasteiger partial charge in [-0.1, -0.05) is 18.2 Å². The molecule has 28 heavy (non-hydrogen) atoms. The van der Waals surface area contributed by atoms with Crippen LogP contribution < -0.4 is 10.2 Å². The number of ether oxygens (including phenoxy) is 1. The monoisotopic (exact) mass is 389 g/mol. The summed E-state index contributed by atoms with van der Waals surface area (Å²) in [5.74, 6) is 0.447. The maximum absolute atomic E-state index is 13.5. The van der Waals surface area contributed by atoms with Crippen LogP contribution in [0.4, 0.5) is 5.69 Å². The number of fused-ring (bicyclic) bond motifs is 4. The summed E-state index contributed by atoms with van der Waals surface area (Å²) >= 11 is 1.39. The lowest BCUT2D eigenvalue weighted by Gasteiger charge is -2.12. The third-order valence-electron chi connectivity index (χ3n) is 4.75. The van der Waals surface area contributed by atoms with Crippen LogP contribution in [0.5, 0.6) is 5.75 Å². The number of methoxy groups -OCH3 is 1. The smallest absolute Gasteiger partial charge is 0.206 e. The number of hydrogen-bond donors (Lipinski definition) is 0. The minimum atomic E-state index is -0.175. The van der Waals surface area contributed by atoms with Crippen molar-refractivity contribution in [2.24, 2.45) is 4.99 Å². The summed E-state index contributed by atoms with van der Waals surface area (Å²) in [5.41, 5.74) is 2.92. The van der Waals surface area contributed by atoms with E-state index < -0.39 is 0 Å². The van der Waals surface area contributed by atoms with Crippen molar-refractivity contribution in [3.63, 3.8) is 0 Å². The first-order chi connectivity index (χ1) is 13.7. The second kappa shape index (κ2) is 6.42. The number of allylic oxidation sites excluding steroid dienone is 1. The zero-order valence-corrected chi connectivity index (χ0v) is 15.8. The fraction of sp³-hybridized carbons (Fsp3) is 0.0909. The molecule has 0 unspecified atom stereocenters. The molecule has 0 fully saturated rings. The zero-order chi connectivity index (χ0) is 19.3. The first-order valence-corrected chi connectivity index (χ1v) is 9.53. The van der Waals surface area contributed by atoms with Crippen molar-refractivity contribution in [1.82, 2.24) is 0 Å². The highest BCUT2D eigenvalue weighted by Gasteiger charge is 2.25. The molecule has 1 aliphatic heterocycles. The highest BCUT2D eigenvalue weighted by molar-refractivity contribution is 7.99. The molecule has 2 aromatic heterocycles. The average Bonchev–Trinajstić information content (AvgIpc) is 3.10. The molecule has 0 amide bonds. The van der Waals surface area contributed by atoms with Gasteiger partial charge in [-0.25, -0.2) is 0 Å². The maximum atomic E-state index is 13.5. The van der Waals surface area contributed by atoms with Crippen LogP contribution in [0.3, 0.4) is 0 Å². The summed E-state index contributed by atoms with van der Waals surface area (Å²) in [6.45, 7) is 3.83. The number of hydrogen-bond acceptors (Lipinski definition) is 6. The van der Waals surface area contributed by atoms with Crippen LogP contribution in [0.2, 0.25) is 0 Å². The van der Waals surface area contributed by atoms with E-state index in [0.717, 1.165) is 21.5 Å². The summed E-state index contributed by atoms with van der Waals surface area (Å²) < 4.78 is 17.6. The molecule has 1 aliphatic rings. The third-order valence-corrected chi connectivity index (χ3v) is 5.81. The molecule has 138 valence electrons. The van der Waals surface area contributed by atoms with E-state index in [9.17, 15) is 4.79 Å². The normalized spacial score (nSPS) is 12.6. The van der Waals surface area contributed by atoms with Crippen molar-refractivity contribution >= 4 is 45.6 Å². The van der Waals surface area contributed by atoms with Crippen molar-refractivity contribution in [2.45, 2.75) is 16.4 Å². The van der Waals surface area contributed by atoms with Gasteiger partial charge in [0.15, 0.2) is 10.7 Å². The molecule has 4 aromatic rings. The van der Waals surface area contributed by atoms with Gasteiger partial charge in [0.2, 0.25) is 5.43 Å². The minimum absolute atomic E-state index is 0.175. The highest BCUT2D eigenvalue weighted by Crippen LogP contribution is 2.43. The Morgan fingerprint density at radius 2 is 2.11 bits per heavy atom. The van der Waals surface area contributed by atoms with E-state index in [4.69, 9.17) is 13.6 Å². The van der Waals surface area contributed by atoms with Gasteiger partial charge in [-0.2, -0.15) is 0 Å². The van der Waals surface area contributed by atoms with Crippen molar-refractivity contribution in [3.8, 4) is 5.75 Å². The Hall–Kier alpha value is -3.25. The Balaban J connectivity index is 1.93. The van der Waals surface area contributed by atoms with E-state index in [0.29, 0.717) is 39.4 Å². The van der Waals surface area contributed by atoms with Crippen LogP contribution in [-0.2, 0) is 6.42 Å². The van der Waals surface area contributed by atoms with Gasteiger partial charge in [-0.15, -0.1) is 6.58 Å². The first-order valence-electron chi connectivity index (χ1n) is 8.71. The van der Waals surface area contributed by atoms with E-state index in [2.05, 4.69) is 11.6 Å². The molecule has 0 bridgehead atoms. The van der Waals surface area contributed by atoms with Crippen LogP contribution >= 0.6 is 11.8 Å². The lowest BCUT2D eigenvalue weighted by molar-refractivity contribution is 0.421. The second-order valence-electron chi connectivity index (χ2n) is 6.33. The molecule has 0 spiro atoms. The number of para-hydroxylation sites is 1. The van der Waals surface area contributed by atoms with Crippen molar-refractivity contribution in [2.75, 3.05) is 7.11 Å². The fourth-order valence-corrected chi connectivity index (χ4v) is 4.47. The summed E-state index contributed by atoms with van der Waals surface area (Å²) in [6, 6.07) is 9.51. The van der Waals surface area contributed by atoms with Gasteiger partial charge in [0.05, 0.1) is 30.0 Å². The highest BCUT2D eigenvalue weighted by atomic mass is 32.2. The number of benzene rings is 2. The molecule has 0 atom stereocenters. The Bertz CT molecular complexity index is 1350. The molecule has 2 aromatic carbocycles. The van der Waals surface area contributed by atoms with Crippen LogP contribution in [0, 0.1) is 0 Å². The predicted octanol–water partition coefficient (Wildman–Crippen LogP) is 5.49. The van der Waals surface area contributed by atoms with Crippen molar-refractivity contribution in [1.29, 1.82) is 0 Å². The lowest BCUT2D eigenvalue weighted by atomic mass is 10.0. The van der Waals surface area contributed by atoms with Gasteiger partial charge >= 0.3 is 0 Å². The van der Waals surface area contributed by atoms with Crippen LogP contribution in [-0.4, -0.2) is 13.3 Å². The molecule has 5 nitrogen and oxygen atoms in total. The van der Waals surface area contributed by atoms with E-state index in [1.165, 1.54) is 18.9 Å². The number of nitrogens with zero attached hydrogens (tertiary/aromatic N) is 1. The molecule has 0 aliphatic carbocycles. The number of rotatable bonds is 3. The van der Waals surface area contributed by atoms with Crippen molar-refractivity contribution in [3.05, 3.63) is 70.6 Å². The SMILES string of the molecule is C=CCc1c2occc2c(OC)c2c(=O)c3c(oc12)Sc1ccccc1N=C3. The van der Waals surface area contributed by atoms with Gasteiger partial charge in [0, 0.05) is 16.7 Å². The summed E-state index contributed by atoms with van der Waals surface area (Å²) in [7, 11) is 1.54. The van der Waals surface area contributed by atoms with Gasteiger partial charge < -0.3 is 13.6 Å². The van der Waals surface area contributed by atoms with E-state index in [1.807, 2.05) is 24.3 Å². The van der Waals surface area contributed by atoms with Crippen molar-refractivity contribution < 1.29 is 13.6 Å². The van der Waals surface area contributed by atoms with Gasteiger partial charge in [0.1, 0.15) is 16.7 Å². The van der Waals surface area contributed by atoms with Crippen LogP contribution in [0.1, 0.15) is 11.1 Å². The van der Waals surface area contributed by atoms with Gasteiger partial charge in [-0.05, 0) is 36.4 Å². The Labute approximate surface area is 164 Å². The Morgan fingerprint density at radius 3 is 2.93 bits per heavy atom. The van der Waals surface area contributed by atoms with Gasteiger partial charge in [0.25, 0.3) is 0 Å². The summed E-state index contributed by atoms with van der Waals surface area (Å²) in [5, 5.41) is 1.63. The molecule has 0 N–H and O–H groups in total. The molecular formula is C22H15NO4S. The van der Waals surface area contributed by atoms with E-state index in [-0.39, 0.29) is 5.43 Å². The summed E-state index contributed by atoms with van der Waals surface area (Å²) in [4.78, 5) is 18.9. The Morgan fingerprint density at radius 1 is 1.25 bits per heavy atom. The quantitative estimate of drug-likeness (QED) is 0.382. The van der Waals surface area contributed by atoms with E-state index >= 15 is 0 Å². The first kappa shape index (κ1) is 16.9. The molecule has 3 heterocycles. The molecule has 0 saturated carbocycles. The van der Waals surface area contributed by atoms with Gasteiger partial charge in [-0.3, -0.25) is 9.79 Å².